The molecule has 0 aromatic carbocycles. The van der Waals surface area contributed by atoms with Gasteiger partial charge in [0.25, 0.3) is 0 Å². The van der Waals surface area contributed by atoms with E-state index in [4.69, 9.17) is 14.2 Å². The first kappa shape index (κ1) is 63.1. The van der Waals surface area contributed by atoms with Crippen molar-refractivity contribution in [3.05, 3.63) is 60.8 Å². The molecule has 0 radical (unpaired) electrons. The van der Waals surface area contributed by atoms with Gasteiger partial charge in [0.1, 0.15) is 13.2 Å². The Balaban J connectivity index is 4.19. The number of rotatable bonds is 51. The minimum atomic E-state index is -0.799. The van der Waals surface area contributed by atoms with Crippen LogP contribution in [0.5, 0.6) is 0 Å². The summed E-state index contributed by atoms with van der Waals surface area (Å²) in [7, 11) is 0. The highest BCUT2D eigenvalue weighted by Gasteiger charge is 2.19. The molecule has 0 saturated carbocycles. The molecule has 0 heterocycles. The van der Waals surface area contributed by atoms with Crippen molar-refractivity contribution in [2.45, 2.75) is 290 Å². The highest BCUT2D eigenvalue weighted by molar-refractivity contribution is 5.71. The van der Waals surface area contributed by atoms with Crippen molar-refractivity contribution in [3.63, 3.8) is 0 Å². The predicted molar refractivity (Wildman–Crippen MR) is 284 cm³/mol. The average Bonchev–Trinajstić information content (AvgIpc) is 3.31. The molecule has 6 nitrogen and oxygen atoms in total. The lowest BCUT2D eigenvalue weighted by Gasteiger charge is -2.18. The summed E-state index contributed by atoms with van der Waals surface area (Å²) in [4.78, 5) is 37.9. The van der Waals surface area contributed by atoms with Crippen LogP contribution in [-0.4, -0.2) is 37.2 Å². The van der Waals surface area contributed by atoms with Crippen LogP contribution in [0, 0.1) is 0 Å². The molecule has 1 unspecified atom stereocenters. The highest BCUT2D eigenvalue weighted by atomic mass is 16.6. The maximum Gasteiger partial charge on any atom is 0.306 e. The second-order valence-electron chi connectivity index (χ2n) is 18.8. The first-order valence-corrected chi connectivity index (χ1v) is 28.3. The Morgan fingerprint density at radius 1 is 0.318 bits per heavy atom. The average molecular weight is 924 g/mol. The van der Waals surface area contributed by atoms with Gasteiger partial charge in [-0.15, -0.1) is 0 Å². The van der Waals surface area contributed by atoms with Gasteiger partial charge < -0.3 is 14.2 Å². The number of carbonyl (C=O) groups is 3. The second-order valence-corrected chi connectivity index (χ2v) is 18.8. The number of hydrogen-bond donors (Lipinski definition) is 0. The van der Waals surface area contributed by atoms with Crippen LogP contribution < -0.4 is 0 Å². The Kier molecular flexibility index (Phi) is 52.3. The van der Waals surface area contributed by atoms with Crippen LogP contribution in [0.4, 0.5) is 0 Å². The van der Waals surface area contributed by atoms with Crippen molar-refractivity contribution in [3.8, 4) is 0 Å². The molecule has 0 spiro atoms. The van der Waals surface area contributed by atoms with Crippen LogP contribution in [0.25, 0.3) is 0 Å². The molecule has 0 aliphatic carbocycles. The Morgan fingerprint density at radius 2 is 0.591 bits per heavy atom. The van der Waals surface area contributed by atoms with E-state index in [9.17, 15) is 14.4 Å². The number of unbranched alkanes of at least 4 members (excludes halogenated alkanes) is 30. The lowest BCUT2D eigenvalue weighted by Crippen LogP contribution is -2.30. The number of esters is 3. The minimum absolute atomic E-state index is 0.0938. The summed E-state index contributed by atoms with van der Waals surface area (Å²) in [6.07, 6.45) is 68.2. The summed E-state index contributed by atoms with van der Waals surface area (Å²) in [6.45, 7) is 6.46. The molecule has 0 aromatic heterocycles. The number of hydrogen-bond acceptors (Lipinski definition) is 6. The molecule has 0 bridgehead atoms. The van der Waals surface area contributed by atoms with E-state index in [1.165, 1.54) is 161 Å². The lowest BCUT2D eigenvalue weighted by molar-refractivity contribution is -0.167. The molecule has 6 heteroatoms. The fourth-order valence-corrected chi connectivity index (χ4v) is 8.07. The summed E-state index contributed by atoms with van der Waals surface area (Å²) < 4.78 is 16.7. The molecule has 1 atom stereocenters. The predicted octanol–water partition coefficient (Wildman–Crippen LogP) is 18.8. The first-order valence-electron chi connectivity index (χ1n) is 28.3. The van der Waals surface area contributed by atoms with E-state index in [0.29, 0.717) is 19.3 Å². The van der Waals surface area contributed by atoms with E-state index >= 15 is 0 Å². The van der Waals surface area contributed by atoms with Crippen molar-refractivity contribution < 1.29 is 28.6 Å². The van der Waals surface area contributed by atoms with Gasteiger partial charge in [-0.3, -0.25) is 14.4 Å². The van der Waals surface area contributed by atoms with Crippen LogP contribution in [0.3, 0.4) is 0 Å². The fourth-order valence-electron chi connectivity index (χ4n) is 8.07. The summed E-state index contributed by atoms with van der Waals surface area (Å²) in [6, 6.07) is 0. The molecular weight excluding hydrogens is 817 g/mol. The van der Waals surface area contributed by atoms with E-state index in [0.717, 1.165) is 77.0 Å². The third-order valence-electron chi connectivity index (χ3n) is 12.3. The second kappa shape index (κ2) is 54.7. The van der Waals surface area contributed by atoms with Crippen molar-refractivity contribution in [2.24, 2.45) is 0 Å². The van der Waals surface area contributed by atoms with Crippen LogP contribution >= 0.6 is 0 Å². The van der Waals surface area contributed by atoms with Crippen molar-refractivity contribution >= 4 is 17.9 Å². The number of carbonyl (C=O) groups excluding carboxylic acids is 3. The van der Waals surface area contributed by atoms with Gasteiger partial charge in [-0.2, -0.15) is 0 Å². The van der Waals surface area contributed by atoms with E-state index in [1.54, 1.807) is 0 Å². The van der Waals surface area contributed by atoms with Gasteiger partial charge in [0, 0.05) is 19.3 Å². The third-order valence-corrected chi connectivity index (χ3v) is 12.3. The van der Waals surface area contributed by atoms with E-state index in [-0.39, 0.29) is 37.5 Å². The SMILES string of the molecule is CC/C=C\C/C=C\C/C=C\C/C=C\C/C=C\CCCC(=O)OC(COC(=O)CCCCCCCCC)COC(=O)CCCCCCCCCCCCCCCCCCCCCCCCCC. The zero-order valence-corrected chi connectivity index (χ0v) is 43.7. The molecule has 0 rings (SSSR count). The zero-order chi connectivity index (χ0) is 47.9. The van der Waals surface area contributed by atoms with E-state index in [1.807, 2.05) is 0 Å². The summed E-state index contributed by atoms with van der Waals surface area (Å²) in [5.74, 6) is -0.950. The van der Waals surface area contributed by atoms with Gasteiger partial charge in [0.15, 0.2) is 6.10 Å². The maximum absolute atomic E-state index is 12.8. The van der Waals surface area contributed by atoms with Crippen LogP contribution in [0.15, 0.2) is 60.8 Å². The van der Waals surface area contributed by atoms with Crippen LogP contribution in [0.2, 0.25) is 0 Å². The lowest BCUT2D eigenvalue weighted by atomic mass is 10.0. The summed E-state index contributed by atoms with van der Waals surface area (Å²) >= 11 is 0. The van der Waals surface area contributed by atoms with Crippen molar-refractivity contribution in [1.82, 2.24) is 0 Å². The normalized spacial score (nSPS) is 12.5. The maximum atomic E-state index is 12.8. The quantitative estimate of drug-likeness (QED) is 0.0262. The largest absolute Gasteiger partial charge is 0.462 e. The Bertz CT molecular complexity index is 1200. The van der Waals surface area contributed by atoms with Gasteiger partial charge in [-0.1, -0.05) is 268 Å². The third kappa shape index (κ3) is 52.1. The Morgan fingerprint density at radius 3 is 0.909 bits per heavy atom. The van der Waals surface area contributed by atoms with Crippen molar-refractivity contribution in [1.29, 1.82) is 0 Å². The molecule has 382 valence electrons. The van der Waals surface area contributed by atoms with Gasteiger partial charge in [-0.25, -0.2) is 0 Å². The Labute approximate surface area is 409 Å². The van der Waals surface area contributed by atoms with E-state index < -0.39 is 6.10 Å². The zero-order valence-electron chi connectivity index (χ0n) is 43.7. The number of ether oxygens (including phenoxy) is 3. The van der Waals surface area contributed by atoms with Crippen LogP contribution in [0.1, 0.15) is 284 Å². The van der Waals surface area contributed by atoms with Gasteiger partial charge in [0.2, 0.25) is 0 Å². The Hall–Kier alpha value is -2.89. The smallest absolute Gasteiger partial charge is 0.306 e. The molecule has 0 N–H and O–H groups in total. The van der Waals surface area contributed by atoms with Crippen molar-refractivity contribution in [2.75, 3.05) is 13.2 Å². The standard InChI is InChI=1S/C60H106O6/c1-4-7-10-13-16-18-20-22-24-26-27-28-29-30-31-32-34-35-37-39-41-44-47-50-53-59(62)65-56-57(55-64-58(61)52-49-46-43-15-12-9-6-3)66-60(63)54-51-48-45-42-40-38-36-33-25-23-21-19-17-14-11-8-5-2/h8,11,17,19,23,25,36,38,42,45,57H,4-7,9-10,12-16,18,20-22,24,26-35,37,39-41,43-44,46-56H2,1-3H3/b11-8-,19-17-,25-23-,38-36-,45-42-. The topological polar surface area (TPSA) is 78.9 Å². The first-order chi connectivity index (χ1) is 32.5. The monoisotopic (exact) mass is 923 g/mol. The molecule has 0 fully saturated rings. The fraction of sp³-hybridized carbons (Fsp3) is 0.783. The molecule has 0 aromatic rings. The molecule has 66 heavy (non-hydrogen) atoms. The summed E-state index contributed by atoms with van der Waals surface area (Å²) in [5.41, 5.74) is 0. The van der Waals surface area contributed by atoms with Gasteiger partial charge in [0.05, 0.1) is 0 Å². The van der Waals surface area contributed by atoms with Crippen LogP contribution in [-0.2, 0) is 28.6 Å². The minimum Gasteiger partial charge on any atom is -0.462 e. The molecule has 0 aliphatic rings. The molecule has 0 aliphatic heterocycles. The van der Waals surface area contributed by atoms with Gasteiger partial charge in [-0.05, 0) is 57.8 Å². The number of allylic oxidation sites excluding steroid dienone is 10. The highest BCUT2D eigenvalue weighted by Crippen LogP contribution is 2.17. The van der Waals surface area contributed by atoms with E-state index in [2.05, 4.69) is 81.5 Å². The summed E-state index contributed by atoms with van der Waals surface area (Å²) in [5, 5.41) is 0. The molecular formula is C60H106O6. The molecule has 0 saturated heterocycles. The van der Waals surface area contributed by atoms with Gasteiger partial charge >= 0.3 is 17.9 Å². The molecule has 0 amide bonds.